The van der Waals surface area contributed by atoms with Gasteiger partial charge in [-0.25, -0.2) is 0 Å². The standard InChI is InChI=1S/C16H14O4S2/c1-9(2)10-7-8-13(22(18,19)20)14-15(17)11-5-3-4-6-12(11)21-16(10)14/h3-9H,1-2H3,(H,18,19,20). The summed E-state index contributed by atoms with van der Waals surface area (Å²) in [5.41, 5.74) is 0.537. The van der Waals surface area contributed by atoms with Crippen molar-refractivity contribution in [2.24, 2.45) is 0 Å². The predicted octanol–water partition coefficient (Wildman–Crippen LogP) is 3.78. The zero-order valence-electron chi connectivity index (χ0n) is 12.0. The molecule has 1 aromatic heterocycles. The van der Waals surface area contributed by atoms with Gasteiger partial charge in [-0.2, -0.15) is 8.42 Å². The molecule has 0 unspecified atom stereocenters. The van der Waals surface area contributed by atoms with E-state index < -0.39 is 10.1 Å². The van der Waals surface area contributed by atoms with Crippen LogP contribution in [0.3, 0.4) is 0 Å². The zero-order valence-corrected chi connectivity index (χ0v) is 13.7. The Labute approximate surface area is 131 Å². The highest BCUT2D eigenvalue weighted by molar-refractivity contribution is 7.86. The van der Waals surface area contributed by atoms with Gasteiger partial charge in [-0.15, -0.1) is 11.3 Å². The molecule has 1 heterocycles. The van der Waals surface area contributed by atoms with Gasteiger partial charge in [0.15, 0.2) is 5.43 Å². The Morgan fingerprint density at radius 1 is 1.09 bits per heavy atom. The van der Waals surface area contributed by atoms with E-state index in [2.05, 4.69) is 0 Å². The molecule has 0 aliphatic rings. The number of hydrogen-bond acceptors (Lipinski definition) is 4. The van der Waals surface area contributed by atoms with Crippen LogP contribution >= 0.6 is 11.3 Å². The smallest absolute Gasteiger partial charge is 0.288 e. The van der Waals surface area contributed by atoms with E-state index in [0.29, 0.717) is 10.1 Å². The molecular formula is C16H14O4S2. The van der Waals surface area contributed by atoms with Crippen molar-refractivity contribution in [1.82, 2.24) is 0 Å². The number of benzene rings is 2. The summed E-state index contributed by atoms with van der Waals surface area (Å²) in [6.45, 7) is 3.96. The Kier molecular flexibility index (Phi) is 3.55. The Hall–Kier alpha value is -1.76. The fourth-order valence-corrected chi connectivity index (χ4v) is 4.68. The lowest BCUT2D eigenvalue weighted by Gasteiger charge is -2.12. The van der Waals surface area contributed by atoms with Crippen LogP contribution in [0.2, 0.25) is 0 Å². The molecular weight excluding hydrogens is 320 g/mol. The molecule has 6 heteroatoms. The average molecular weight is 334 g/mol. The summed E-state index contributed by atoms with van der Waals surface area (Å²) in [6.07, 6.45) is 0. The normalized spacial score (nSPS) is 12.4. The summed E-state index contributed by atoms with van der Waals surface area (Å²) < 4.78 is 34.1. The maximum absolute atomic E-state index is 12.8. The van der Waals surface area contributed by atoms with Crippen molar-refractivity contribution in [3.63, 3.8) is 0 Å². The second kappa shape index (κ2) is 5.15. The van der Waals surface area contributed by atoms with Crippen molar-refractivity contribution in [3.8, 4) is 0 Å². The third-order valence-electron chi connectivity index (χ3n) is 3.62. The highest BCUT2D eigenvalue weighted by Gasteiger charge is 2.21. The highest BCUT2D eigenvalue weighted by Crippen LogP contribution is 2.34. The minimum atomic E-state index is -4.46. The van der Waals surface area contributed by atoms with Crippen LogP contribution in [0, 0.1) is 0 Å². The summed E-state index contributed by atoms with van der Waals surface area (Å²) in [6, 6.07) is 10.1. The van der Waals surface area contributed by atoms with E-state index in [4.69, 9.17) is 0 Å². The molecule has 0 saturated heterocycles. The monoisotopic (exact) mass is 334 g/mol. The molecule has 3 aromatic rings. The Balaban J connectivity index is 2.66. The second-order valence-corrected chi connectivity index (χ2v) is 7.86. The summed E-state index contributed by atoms with van der Waals surface area (Å²) >= 11 is 1.38. The average Bonchev–Trinajstić information content (AvgIpc) is 2.45. The largest absolute Gasteiger partial charge is 0.295 e. The van der Waals surface area contributed by atoms with Crippen LogP contribution in [-0.4, -0.2) is 13.0 Å². The Bertz CT molecular complexity index is 1050. The minimum Gasteiger partial charge on any atom is -0.288 e. The molecule has 0 aliphatic heterocycles. The molecule has 114 valence electrons. The van der Waals surface area contributed by atoms with E-state index in [1.165, 1.54) is 17.4 Å². The third kappa shape index (κ3) is 2.33. The lowest BCUT2D eigenvalue weighted by molar-refractivity contribution is 0.484. The molecule has 0 spiro atoms. The van der Waals surface area contributed by atoms with Crippen molar-refractivity contribution in [3.05, 3.63) is 52.2 Å². The first-order valence-electron chi connectivity index (χ1n) is 6.76. The molecule has 0 aliphatic carbocycles. The van der Waals surface area contributed by atoms with Crippen molar-refractivity contribution in [1.29, 1.82) is 0 Å². The highest BCUT2D eigenvalue weighted by atomic mass is 32.2. The van der Waals surface area contributed by atoms with Crippen molar-refractivity contribution >= 4 is 41.6 Å². The van der Waals surface area contributed by atoms with Crippen LogP contribution in [-0.2, 0) is 10.1 Å². The lowest BCUT2D eigenvalue weighted by atomic mass is 10.0. The molecule has 0 bridgehead atoms. The summed E-state index contributed by atoms with van der Waals surface area (Å²) in [4.78, 5) is 12.4. The van der Waals surface area contributed by atoms with E-state index in [-0.39, 0.29) is 21.6 Å². The fourth-order valence-electron chi connectivity index (χ4n) is 2.56. The van der Waals surface area contributed by atoms with Crippen LogP contribution in [0.1, 0.15) is 25.3 Å². The third-order valence-corrected chi connectivity index (χ3v) is 5.74. The van der Waals surface area contributed by atoms with Crippen molar-refractivity contribution in [2.45, 2.75) is 24.7 Å². The van der Waals surface area contributed by atoms with Gasteiger partial charge in [0.2, 0.25) is 0 Å². The first-order chi connectivity index (χ1) is 10.3. The van der Waals surface area contributed by atoms with Crippen LogP contribution in [0.4, 0.5) is 0 Å². The maximum Gasteiger partial charge on any atom is 0.295 e. The Morgan fingerprint density at radius 2 is 1.77 bits per heavy atom. The summed E-state index contributed by atoms with van der Waals surface area (Å²) in [5.74, 6) is 0.134. The van der Waals surface area contributed by atoms with Gasteiger partial charge in [0.05, 0.1) is 5.39 Å². The van der Waals surface area contributed by atoms with E-state index in [1.54, 1.807) is 18.2 Å². The van der Waals surface area contributed by atoms with Gasteiger partial charge in [-0.1, -0.05) is 32.0 Å². The molecule has 0 atom stereocenters. The fraction of sp³-hybridized carbons (Fsp3) is 0.188. The molecule has 22 heavy (non-hydrogen) atoms. The first kappa shape index (κ1) is 15.1. The predicted molar refractivity (Wildman–Crippen MR) is 89.5 cm³/mol. The van der Waals surface area contributed by atoms with Gasteiger partial charge >= 0.3 is 0 Å². The molecule has 0 radical (unpaired) electrons. The molecule has 0 fully saturated rings. The molecule has 3 rings (SSSR count). The van der Waals surface area contributed by atoms with Gasteiger partial charge in [-0.05, 0) is 29.7 Å². The van der Waals surface area contributed by atoms with E-state index >= 15 is 0 Å². The van der Waals surface area contributed by atoms with Crippen molar-refractivity contribution < 1.29 is 13.0 Å². The molecule has 1 N–H and O–H groups in total. The van der Waals surface area contributed by atoms with Gasteiger partial charge < -0.3 is 0 Å². The maximum atomic E-state index is 12.8. The first-order valence-corrected chi connectivity index (χ1v) is 9.02. The van der Waals surface area contributed by atoms with Gasteiger partial charge in [0.1, 0.15) is 4.90 Å². The lowest BCUT2D eigenvalue weighted by Crippen LogP contribution is -2.09. The van der Waals surface area contributed by atoms with E-state index in [9.17, 15) is 17.8 Å². The quantitative estimate of drug-likeness (QED) is 0.572. The summed E-state index contributed by atoms with van der Waals surface area (Å²) in [5, 5.41) is 0.545. The van der Waals surface area contributed by atoms with Crippen molar-refractivity contribution in [2.75, 3.05) is 0 Å². The topological polar surface area (TPSA) is 71.4 Å². The molecule has 2 aromatic carbocycles. The van der Waals surface area contributed by atoms with E-state index in [0.717, 1.165) is 10.3 Å². The van der Waals surface area contributed by atoms with Gasteiger partial charge in [-0.3, -0.25) is 9.35 Å². The van der Waals surface area contributed by atoms with Crippen LogP contribution < -0.4 is 5.43 Å². The van der Waals surface area contributed by atoms with Gasteiger partial charge in [0, 0.05) is 14.8 Å². The SMILES string of the molecule is CC(C)c1ccc(S(=O)(=O)O)c2c(=O)c3ccccc3sc12. The van der Waals surface area contributed by atoms with Crippen LogP contribution in [0.25, 0.3) is 20.2 Å². The van der Waals surface area contributed by atoms with Gasteiger partial charge in [0.25, 0.3) is 10.1 Å². The Morgan fingerprint density at radius 3 is 2.41 bits per heavy atom. The van der Waals surface area contributed by atoms with Crippen LogP contribution in [0.15, 0.2) is 46.1 Å². The number of hydrogen-bond donors (Lipinski definition) is 1. The minimum absolute atomic E-state index is 0.0809. The van der Waals surface area contributed by atoms with Crippen LogP contribution in [0.5, 0.6) is 0 Å². The zero-order chi connectivity index (χ0) is 16.1. The molecule has 0 saturated carbocycles. The number of rotatable bonds is 2. The second-order valence-electron chi connectivity index (χ2n) is 5.41. The molecule has 4 nitrogen and oxygen atoms in total. The summed E-state index contributed by atoms with van der Waals surface area (Å²) in [7, 11) is -4.46. The van der Waals surface area contributed by atoms with E-state index in [1.807, 2.05) is 26.0 Å². The number of fused-ring (bicyclic) bond motifs is 2. The molecule has 0 amide bonds.